The molecule has 0 atom stereocenters. The van der Waals surface area contributed by atoms with Gasteiger partial charge in [-0.15, -0.1) is 11.6 Å². The molecule has 0 unspecified atom stereocenters. The molecule has 4 nitrogen and oxygen atoms in total. The minimum Gasteiger partial charge on any atom is -0.478 e. The summed E-state index contributed by atoms with van der Waals surface area (Å²) in [5, 5.41) is 16.1. The van der Waals surface area contributed by atoms with Gasteiger partial charge in [-0.25, -0.2) is 13.6 Å². The number of halogens is 4. The monoisotopic (exact) mass is 498 g/mol. The standard InChI is InChI=1S/C26H18Cl2F2N2O2/c27-12-11-19(18-7-6-17(29)13-22(18)28)25(16-4-1-15(2-5-16)3-10-24(33)34)20-8-9-23-21(26(20)30)14-31-32-23/h1-10,13-14H,11-12H2,(H,31,32)(H,33,34)/b10-3+,25-19+. The molecule has 0 radical (unpaired) electrons. The third-order valence-electron chi connectivity index (χ3n) is 5.35. The zero-order valence-electron chi connectivity index (χ0n) is 17.7. The topological polar surface area (TPSA) is 66.0 Å². The van der Waals surface area contributed by atoms with Gasteiger partial charge in [0.2, 0.25) is 0 Å². The summed E-state index contributed by atoms with van der Waals surface area (Å²) >= 11 is 12.5. The average Bonchev–Trinajstić information content (AvgIpc) is 3.29. The predicted molar refractivity (Wildman–Crippen MR) is 132 cm³/mol. The van der Waals surface area contributed by atoms with Crippen LogP contribution in [0, 0.1) is 11.6 Å². The number of alkyl halides is 1. The number of allylic oxidation sites excluding steroid dienone is 1. The molecule has 0 saturated heterocycles. The van der Waals surface area contributed by atoms with E-state index in [1.54, 1.807) is 42.5 Å². The molecule has 8 heteroatoms. The van der Waals surface area contributed by atoms with E-state index in [0.29, 0.717) is 50.7 Å². The molecule has 2 N–H and O–H groups in total. The van der Waals surface area contributed by atoms with Gasteiger partial charge in [0.15, 0.2) is 0 Å². The van der Waals surface area contributed by atoms with Crippen molar-refractivity contribution in [2.45, 2.75) is 6.42 Å². The highest BCUT2D eigenvalue weighted by Gasteiger charge is 2.21. The smallest absolute Gasteiger partial charge is 0.328 e. The summed E-state index contributed by atoms with van der Waals surface area (Å²) in [7, 11) is 0. The second kappa shape index (κ2) is 10.2. The van der Waals surface area contributed by atoms with Crippen LogP contribution in [0.5, 0.6) is 0 Å². The molecule has 0 spiro atoms. The van der Waals surface area contributed by atoms with E-state index in [4.69, 9.17) is 28.3 Å². The molecule has 3 aromatic carbocycles. The van der Waals surface area contributed by atoms with Gasteiger partial charge in [-0.3, -0.25) is 5.10 Å². The van der Waals surface area contributed by atoms with Gasteiger partial charge >= 0.3 is 5.97 Å². The van der Waals surface area contributed by atoms with Crippen LogP contribution < -0.4 is 0 Å². The van der Waals surface area contributed by atoms with Crippen molar-refractivity contribution in [3.8, 4) is 0 Å². The van der Waals surface area contributed by atoms with Crippen molar-refractivity contribution < 1.29 is 18.7 Å². The van der Waals surface area contributed by atoms with E-state index in [-0.39, 0.29) is 10.9 Å². The van der Waals surface area contributed by atoms with Gasteiger partial charge < -0.3 is 5.11 Å². The van der Waals surface area contributed by atoms with Crippen molar-refractivity contribution >= 4 is 57.3 Å². The molecule has 0 saturated carbocycles. The van der Waals surface area contributed by atoms with Crippen molar-refractivity contribution in [1.29, 1.82) is 0 Å². The quantitative estimate of drug-likeness (QED) is 0.161. The number of aromatic nitrogens is 2. The number of benzene rings is 3. The Balaban J connectivity index is 2.00. The summed E-state index contributed by atoms with van der Waals surface area (Å²) in [5.74, 6) is -1.79. The maximum Gasteiger partial charge on any atom is 0.328 e. The number of aliphatic carboxylic acids is 1. The number of aromatic amines is 1. The molecular formula is C26H18Cl2F2N2O2. The van der Waals surface area contributed by atoms with Crippen LogP contribution in [-0.2, 0) is 4.79 Å². The first kappa shape index (κ1) is 23.7. The maximum absolute atomic E-state index is 15.7. The van der Waals surface area contributed by atoms with Crippen molar-refractivity contribution in [1.82, 2.24) is 10.2 Å². The van der Waals surface area contributed by atoms with Crippen LogP contribution in [0.2, 0.25) is 5.02 Å². The SMILES string of the molecule is O=C(O)/C=C/c1ccc(/C(=C(/CCCl)c2ccc(F)cc2Cl)c2ccc3[nH]ncc3c2F)cc1. The third kappa shape index (κ3) is 4.88. The lowest BCUT2D eigenvalue weighted by Crippen LogP contribution is -2.00. The van der Waals surface area contributed by atoms with Crippen LogP contribution in [0.15, 0.2) is 66.9 Å². The van der Waals surface area contributed by atoms with Crippen LogP contribution >= 0.6 is 23.2 Å². The van der Waals surface area contributed by atoms with E-state index in [2.05, 4.69) is 10.2 Å². The number of carbonyl (C=O) groups is 1. The Kier molecular flexibility index (Phi) is 7.10. The highest BCUT2D eigenvalue weighted by molar-refractivity contribution is 6.33. The third-order valence-corrected chi connectivity index (χ3v) is 5.85. The summed E-state index contributed by atoms with van der Waals surface area (Å²) in [6, 6.07) is 14.4. The molecule has 4 aromatic rings. The first-order valence-corrected chi connectivity index (χ1v) is 11.2. The van der Waals surface area contributed by atoms with Crippen LogP contribution in [-0.4, -0.2) is 27.2 Å². The molecule has 0 amide bonds. The fraction of sp³-hybridized carbons (Fsp3) is 0.0769. The van der Waals surface area contributed by atoms with Crippen LogP contribution in [0.4, 0.5) is 8.78 Å². The number of carboxylic acids is 1. The summed E-state index contributed by atoms with van der Waals surface area (Å²) < 4.78 is 29.5. The first-order valence-electron chi connectivity index (χ1n) is 10.3. The van der Waals surface area contributed by atoms with Gasteiger partial charge in [0.1, 0.15) is 11.6 Å². The van der Waals surface area contributed by atoms with Gasteiger partial charge in [0.25, 0.3) is 0 Å². The molecule has 172 valence electrons. The number of H-pyrrole nitrogens is 1. The average molecular weight is 499 g/mol. The van der Waals surface area contributed by atoms with Crippen molar-refractivity contribution in [3.63, 3.8) is 0 Å². The summed E-state index contributed by atoms with van der Waals surface area (Å²) in [5.41, 5.74) is 3.92. The molecule has 4 rings (SSSR count). The van der Waals surface area contributed by atoms with Gasteiger partial charge in [-0.1, -0.05) is 41.9 Å². The van der Waals surface area contributed by atoms with E-state index in [1.807, 2.05) is 0 Å². The molecule has 1 heterocycles. The zero-order chi connectivity index (χ0) is 24.2. The lowest BCUT2D eigenvalue weighted by molar-refractivity contribution is -0.131. The minimum absolute atomic E-state index is 0.184. The van der Waals surface area contributed by atoms with E-state index in [0.717, 1.165) is 6.08 Å². The largest absolute Gasteiger partial charge is 0.478 e. The predicted octanol–water partition coefficient (Wildman–Crippen LogP) is 7.18. The van der Waals surface area contributed by atoms with Crippen molar-refractivity contribution in [2.75, 3.05) is 5.88 Å². The van der Waals surface area contributed by atoms with Crippen molar-refractivity contribution in [2.24, 2.45) is 0 Å². The molecule has 0 aliphatic heterocycles. The molecule has 0 fully saturated rings. The molecule has 0 bridgehead atoms. The number of hydrogen-bond donors (Lipinski definition) is 2. The Bertz CT molecular complexity index is 1430. The molecule has 0 aliphatic carbocycles. The Hall–Kier alpha value is -3.48. The van der Waals surface area contributed by atoms with Gasteiger partial charge in [-0.2, -0.15) is 5.10 Å². The molecule has 0 aliphatic rings. The number of rotatable bonds is 7. The second-order valence-corrected chi connectivity index (χ2v) is 8.25. The summed E-state index contributed by atoms with van der Waals surface area (Å²) in [6.45, 7) is 0. The Labute approximate surface area is 204 Å². The summed E-state index contributed by atoms with van der Waals surface area (Å²) in [6.07, 6.45) is 4.25. The zero-order valence-corrected chi connectivity index (χ0v) is 19.2. The highest BCUT2D eigenvalue weighted by Crippen LogP contribution is 2.39. The Morgan fingerprint density at radius 1 is 1.06 bits per heavy atom. The first-order chi connectivity index (χ1) is 16.4. The minimum atomic E-state index is -1.06. The molecule has 1 aromatic heterocycles. The second-order valence-electron chi connectivity index (χ2n) is 7.47. The number of hydrogen-bond acceptors (Lipinski definition) is 2. The summed E-state index contributed by atoms with van der Waals surface area (Å²) in [4.78, 5) is 10.8. The van der Waals surface area contributed by atoms with E-state index in [1.165, 1.54) is 24.4 Å². The number of nitrogens with zero attached hydrogens (tertiary/aromatic N) is 1. The van der Waals surface area contributed by atoms with Gasteiger partial charge in [-0.05, 0) is 64.6 Å². The molecular weight excluding hydrogens is 481 g/mol. The van der Waals surface area contributed by atoms with Gasteiger partial charge in [0.05, 0.1) is 22.1 Å². The maximum atomic E-state index is 15.7. The van der Waals surface area contributed by atoms with E-state index < -0.39 is 17.6 Å². The lowest BCUT2D eigenvalue weighted by Gasteiger charge is -2.19. The van der Waals surface area contributed by atoms with Crippen LogP contribution in [0.25, 0.3) is 28.1 Å². The lowest BCUT2D eigenvalue weighted by atomic mass is 9.87. The van der Waals surface area contributed by atoms with Crippen molar-refractivity contribution in [3.05, 3.63) is 106 Å². The van der Waals surface area contributed by atoms with Gasteiger partial charge in [0, 0.05) is 17.5 Å². The Morgan fingerprint density at radius 2 is 1.79 bits per heavy atom. The van der Waals surface area contributed by atoms with E-state index >= 15 is 4.39 Å². The van der Waals surface area contributed by atoms with Crippen LogP contribution in [0.1, 0.15) is 28.7 Å². The number of nitrogens with one attached hydrogen (secondary N) is 1. The molecule has 34 heavy (non-hydrogen) atoms. The number of fused-ring (bicyclic) bond motifs is 1. The van der Waals surface area contributed by atoms with E-state index in [9.17, 15) is 9.18 Å². The Morgan fingerprint density at radius 3 is 2.47 bits per heavy atom. The fourth-order valence-corrected chi connectivity index (χ4v) is 4.29. The normalized spacial score (nSPS) is 12.4. The fourth-order valence-electron chi connectivity index (χ4n) is 3.82. The van der Waals surface area contributed by atoms with Crippen LogP contribution in [0.3, 0.4) is 0 Å². The number of carboxylic acid groups (broad SMARTS) is 1. The highest BCUT2D eigenvalue weighted by atomic mass is 35.5.